The van der Waals surface area contributed by atoms with E-state index >= 15 is 0 Å². The van der Waals surface area contributed by atoms with E-state index in [1.54, 1.807) is 7.11 Å². The number of aliphatic hydroxyl groups excluding tert-OH is 1. The molecule has 1 rings (SSSR count). The van der Waals surface area contributed by atoms with Gasteiger partial charge < -0.3 is 9.84 Å². The molecule has 1 aliphatic rings. The standard InChI is InChI=1S/C12H24O2/c1-4-10-5-7-11(8-6-10)12(13)9(2)14-3/h9-13H,4-8H2,1-3H3. The molecular weight excluding hydrogens is 176 g/mol. The van der Waals surface area contributed by atoms with Gasteiger partial charge in [0.1, 0.15) is 0 Å². The first-order chi connectivity index (χ1) is 6.69. The number of aliphatic hydroxyl groups is 1. The summed E-state index contributed by atoms with van der Waals surface area (Å²) in [6.45, 7) is 4.22. The molecule has 1 N–H and O–H groups in total. The predicted molar refractivity (Wildman–Crippen MR) is 58.2 cm³/mol. The number of methoxy groups -OCH3 is 1. The second-order valence-corrected chi connectivity index (χ2v) is 4.62. The first kappa shape index (κ1) is 12.0. The Morgan fingerprint density at radius 3 is 2.29 bits per heavy atom. The van der Waals surface area contributed by atoms with Crippen LogP contribution in [0.25, 0.3) is 0 Å². The van der Waals surface area contributed by atoms with Crippen molar-refractivity contribution in [3.63, 3.8) is 0 Å². The Kier molecular flexibility index (Phi) is 4.90. The van der Waals surface area contributed by atoms with Crippen molar-refractivity contribution in [2.75, 3.05) is 7.11 Å². The Hall–Kier alpha value is -0.0800. The SMILES string of the molecule is CCC1CCC(C(O)C(C)OC)CC1. The van der Waals surface area contributed by atoms with Crippen LogP contribution in [0.4, 0.5) is 0 Å². The summed E-state index contributed by atoms with van der Waals surface area (Å²) in [5.41, 5.74) is 0. The van der Waals surface area contributed by atoms with Gasteiger partial charge in [-0.25, -0.2) is 0 Å². The lowest BCUT2D eigenvalue weighted by molar-refractivity contribution is -0.0430. The number of ether oxygens (including phenoxy) is 1. The van der Waals surface area contributed by atoms with Crippen LogP contribution >= 0.6 is 0 Å². The zero-order valence-electron chi connectivity index (χ0n) is 9.70. The van der Waals surface area contributed by atoms with Crippen LogP contribution in [0.2, 0.25) is 0 Å². The Labute approximate surface area is 87.7 Å². The third kappa shape index (κ3) is 2.96. The highest BCUT2D eigenvalue weighted by atomic mass is 16.5. The van der Waals surface area contributed by atoms with Gasteiger partial charge in [0, 0.05) is 7.11 Å². The summed E-state index contributed by atoms with van der Waals surface area (Å²) < 4.78 is 5.17. The molecule has 0 aromatic heterocycles. The van der Waals surface area contributed by atoms with Crippen LogP contribution in [0.15, 0.2) is 0 Å². The molecule has 84 valence electrons. The summed E-state index contributed by atoms with van der Waals surface area (Å²) in [6, 6.07) is 0. The normalized spacial score (nSPS) is 32.6. The minimum Gasteiger partial charge on any atom is -0.390 e. The van der Waals surface area contributed by atoms with E-state index < -0.39 is 0 Å². The molecule has 0 amide bonds. The number of hydrogen-bond donors (Lipinski definition) is 1. The summed E-state index contributed by atoms with van der Waals surface area (Å²) in [4.78, 5) is 0. The topological polar surface area (TPSA) is 29.5 Å². The van der Waals surface area contributed by atoms with Crippen molar-refractivity contribution in [2.24, 2.45) is 11.8 Å². The predicted octanol–water partition coefficient (Wildman–Crippen LogP) is 2.60. The molecule has 0 saturated heterocycles. The molecule has 1 aliphatic carbocycles. The van der Waals surface area contributed by atoms with Crippen LogP contribution < -0.4 is 0 Å². The van der Waals surface area contributed by atoms with Crippen molar-refractivity contribution in [3.8, 4) is 0 Å². The fraction of sp³-hybridized carbons (Fsp3) is 1.00. The van der Waals surface area contributed by atoms with Gasteiger partial charge in [-0.3, -0.25) is 0 Å². The third-order valence-electron chi connectivity index (χ3n) is 3.80. The fourth-order valence-electron chi connectivity index (χ4n) is 2.46. The molecule has 2 heteroatoms. The van der Waals surface area contributed by atoms with Crippen molar-refractivity contribution in [2.45, 2.75) is 58.2 Å². The summed E-state index contributed by atoms with van der Waals surface area (Å²) in [5.74, 6) is 1.36. The van der Waals surface area contributed by atoms with Crippen molar-refractivity contribution in [1.82, 2.24) is 0 Å². The molecule has 2 unspecified atom stereocenters. The maximum Gasteiger partial charge on any atom is 0.0827 e. The van der Waals surface area contributed by atoms with Crippen molar-refractivity contribution >= 4 is 0 Å². The lowest BCUT2D eigenvalue weighted by Crippen LogP contribution is -2.35. The van der Waals surface area contributed by atoms with Crippen LogP contribution in [0.1, 0.15) is 46.0 Å². The van der Waals surface area contributed by atoms with Gasteiger partial charge in [-0.1, -0.05) is 26.2 Å². The van der Waals surface area contributed by atoms with E-state index in [2.05, 4.69) is 6.92 Å². The van der Waals surface area contributed by atoms with E-state index in [9.17, 15) is 5.11 Å². The monoisotopic (exact) mass is 200 g/mol. The van der Waals surface area contributed by atoms with Gasteiger partial charge in [0.05, 0.1) is 12.2 Å². The molecule has 0 heterocycles. The van der Waals surface area contributed by atoms with Crippen molar-refractivity contribution < 1.29 is 9.84 Å². The maximum absolute atomic E-state index is 9.98. The van der Waals surface area contributed by atoms with Gasteiger partial charge in [-0.05, 0) is 31.6 Å². The zero-order chi connectivity index (χ0) is 10.6. The molecule has 0 radical (unpaired) electrons. The van der Waals surface area contributed by atoms with Crippen LogP contribution in [-0.2, 0) is 4.74 Å². The summed E-state index contributed by atoms with van der Waals surface area (Å²) in [5, 5.41) is 9.98. The Morgan fingerprint density at radius 1 is 1.29 bits per heavy atom. The second-order valence-electron chi connectivity index (χ2n) is 4.62. The Morgan fingerprint density at radius 2 is 1.86 bits per heavy atom. The lowest BCUT2D eigenvalue weighted by atomic mass is 9.77. The highest BCUT2D eigenvalue weighted by Gasteiger charge is 2.28. The quantitative estimate of drug-likeness (QED) is 0.756. The minimum atomic E-state index is -0.266. The zero-order valence-corrected chi connectivity index (χ0v) is 9.70. The minimum absolute atomic E-state index is 0.0156. The smallest absolute Gasteiger partial charge is 0.0827 e. The van der Waals surface area contributed by atoms with Gasteiger partial charge in [0.2, 0.25) is 0 Å². The molecule has 1 fully saturated rings. The van der Waals surface area contributed by atoms with Crippen LogP contribution in [0, 0.1) is 11.8 Å². The third-order valence-corrected chi connectivity index (χ3v) is 3.80. The largest absolute Gasteiger partial charge is 0.390 e. The van der Waals surface area contributed by atoms with Crippen molar-refractivity contribution in [1.29, 1.82) is 0 Å². The highest BCUT2D eigenvalue weighted by Crippen LogP contribution is 2.33. The Bertz CT molecular complexity index is 150. The van der Waals surface area contributed by atoms with Crippen LogP contribution in [-0.4, -0.2) is 24.4 Å². The molecular formula is C12H24O2. The molecule has 0 aliphatic heterocycles. The summed E-state index contributed by atoms with van der Waals surface area (Å²) >= 11 is 0. The van der Waals surface area contributed by atoms with E-state index in [-0.39, 0.29) is 12.2 Å². The average molecular weight is 200 g/mol. The Balaban J connectivity index is 2.33. The summed E-state index contributed by atoms with van der Waals surface area (Å²) in [7, 11) is 1.67. The number of rotatable bonds is 4. The van der Waals surface area contributed by atoms with Gasteiger partial charge in [0.25, 0.3) is 0 Å². The second kappa shape index (κ2) is 5.72. The van der Waals surface area contributed by atoms with Crippen LogP contribution in [0.3, 0.4) is 0 Å². The maximum atomic E-state index is 9.98. The van der Waals surface area contributed by atoms with E-state index in [1.807, 2.05) is 6.92 Å². The van der Waals surface area contributed by atoms with Gasteiger partial charge in [0.15, 0.2) is 0 Å². The fourth-order valence-corrected chi connectivity index (χ4v) is 2.46. The first-order valence-electron chi connectivity index (χ1n) is 5.89. The summed E-state index contributed by atoms with van der Waals surface area (Å²) in [6.07, 6.45) is 5.93. The number of hydrogen-bond acceptors (Lipinski definition) is 2. The van der Waals surface area contributed by atoms with Gasteiger partial charge in [-0.15, -0.1) is 0 Å². The molecule has 14 heavy (non-hydrogen) atoms. The molecule has 0 aromatic carbocycles. The van der Waals surface area contributed by atoms with Gasteiger partial charge >= 0.3 is 0 Å². The molecule has 0 aromatic rings. The van der Waals surface area contributed by atoms with Crippen molar-refractivity contribution in [3.05, 3.63) is 0 Å². The molecule has 0 spiro atoms. The van der Waals surface area contributed by atoms with E-state index in [1.165, 1.54) is 32.1 Å². The van der Waals surface area contributed by atoms with Crippen LogP contribution in [0.5, 0.6) is 0 Å². The molecule has 2 atom stereocenters. The molecule has 2 nitrogen and oxygen atoms in total. The molecule has 0 bridgehead atoms. The van der Waals surface area contributed by atoms with Gasteiger partial charge in [-0.2, -0.15) is 0 Å². The lowest BCUT2D eigenvalue weighted by Gasteiger charge is -2.33. The van der Waals surface area contributed by atoms with E-state index in [4.69, 9.17) is 4.74 Å². The first-order valence-corrected chi connectivity index (χ1v) is 5.89. The van der Waals surface area contributed by atoms with E-state index in [0.29, 0.717) is 5.92 Å². The average Bonchev–Trinajstić information content (AvgIpc) is 2.27. The van der Waals surface area contributed by atoms with E-state index in [0.717, 1.165) is 5.92 Å². The molecule has 1 saturated carbocycles. The highest BCUT2D eigenvalue weighted by molar-refractivity contribution is 4.79.